The Balaban J connectivity index is 1.85. The lowest BCUT2D eigenvalue weighted by Crippen LogP contribution is -2.21. The molecule has 0 unspecified atom stereocenters. The third-order valence-corrected chi connectivity index (χ3v) is 5.31. The van der Waals surface area contributed by atoms with Gasteiger partial charge in [-0.3, -0.25) is 4.99 Å². The van der Waals surface area contributed by atoms with Crippen LogP contribution in [0.5, 0.6) is 0 Å². The van der Waals surface area contributed by atoms with Crippen molar-refractivity contribution in [1.29, 1.82) is 5.26 Å². The van der Waals surface area contributed by atoms with Crippen LogP contribution in [-0.4, -0.2) is 15.8 Å². The molecule has 1 fully saturated rings. The molecule has 4 nitrogen and oxygen atoms in total. The highest BCUT2D eigenvalue weighted by Crippen LogP contribution is 2.25. The minimum Gasteiger partial charge on any atom is -0.254 e. The zero-order valence-electron chi connectivity index (χ0n) is 13.0. The minimum atomic E-state index is 0.441. The molecular weight excluding hydrogens is 292 g/mol. The molecule has 1 heterocycles. The molecule has 114 valence electrons. The predicted molar refractivity (Wildman–Crippen MR) is 88.2 cm³/mol. The maximum Gasteiger partial charge on any atom is 0.203 e. The summed E-state index contributed by atoms with van der Waals surface area (Å²) in [6.45, 7) is 2.33. The molecule has 1 aliphatic carbocycles. The van der Waals surface area contributed by atoms with Crippen LogP contribution in [-0.2, 0) is 7.05 Å². The molecular formula is C17H20N4S. The van der Waals surface area contributed by atoms with Crippen molar-refractivity contribution in [2.45, 2.75) is 38.6 Å². The summed E-state index contributed by atoms with van der Waals surface area (Å²) in [6.07, 6.45) is 4.93. The summed E-state index contributed by atoms with van der Waals surface area (Å²) in [5, 5.41) is 14.4. The number of nitriles is 1. The molecule has 5 heteroatoms. The van der Waals surface area contributed by atoms with E-state index >= 15 is 0 Å². The Hall–Kier alpha value is -1.93. The van der Waals surface area contributed by atoms with E-state index < -0.39 is 0 Å². The number of hydrogen-bond donors (Lipinski definition) is 0. The molecule has 0 spiro atoms. The van der Waals surface area contributed by atoms with Gasteiger partial charge in [-0.25, -0.2) is 4.68 Å². The van der Waals surface area contributed by atoms with Gasteiger partial charge in [-0.15, -0.1) is 0 Å². The monoisotopic (exact) mass is 312 g/mol. The topological polar surface area (TPSA) is 54.0 Å². The first kappa shape index (κ1) is 15.0. The van der Waals surface area contributed by atoms with Crippen molar-refractivity contribution >= 4 is 11.3 Å². The lowest BCUT2D eigenvalue weighted by molar-refractivity contribution is 0.344. The van der Waals surface area contributed by atoms with Crippen molar-refractivity contribution in [3.8, 4) is 16.6 Å². The first-order valence-corrected chi connectivity index (χ1v) is 8.56. The maximum absolute atomic E-state index is 8.87. The van der Waals surface area contributed by atoms with Crippen molar-refractivity contribution in [3.05, 3.63) is 34.6 Å². The summed E-state index contributed by atoms with van der Waals surface area (Å²) in [5.41, 5.74) is 1.71. The standard InChI is InChI=1S/C17H20N4S/c1-12-3-9-15(10-4-12)19-17-21(2)20-16(22-17)14-7-5-13(11-18)6-8-14/h5-8,12,15H,3-4,9-10H2,1-2H3/t12-,15-. The zero-order chi connectivity index (χ0) is 15.5. The summed E-state index contributed by atoms with van der Waals surface area (Å²) in [5.74, 6) is 0.843. The molecule has 1 aromatic carbocycles. The molecule has 22 heavy (non-hydrogen) atoms. The van der Waals surface area contributed by atoms with E-state index in [1.165, 1.54) is 25.7 Å². The Kier molecular flexibility index (Phi) is 4.39. The molecule has 0 bridgehead atoms. The molecule has 0 atom stereocenters. The van der Waals surface area contributed by atoms with Crippen LogP contribution in [0.1, 0.15) is 38.2 Å². The normalized spacial score (nSPS) is 22.5. The highest BCUT2D eigenvalue weighted by Gasteiger charge is 2.17. The van der Waals surface area contributed by atoms with Crippen LogP contribution in [0, 0.1) is 17.2 Å². The largest absolute Gasteiger partial charge is 0.254 e. The third-order valence-electron chi connectivity index (χ3n) is 4.24. The second kappa shape index (κ2) is 6.45. The lowest BCUT2D eigenvalue weighted by Gasteiger charge is -2.22. The Bertz CT molecular complexity index is 740. The van der Waals surface area contributed by atoms with E-state index in [2.05, 4.69) is 18.1 Å². The van der Waals surface area contributed by atoms with E-state index in [-0.39, 0.29) is 0 Å². The molecule has 1 aliphatic rings. The van der Waals surface area contributed by atoms with Gasteiger partial charge >= 0.3 is 0 Å². The minimum absolute atomic E-state index is 0.441. The molecule has 2 aromatic rings. The molecule has 0 amide bonds. The van der Waals surface area contributed by atoms with Crippen LogP contribution >= 0.6 is 11.3 Å². The lowest BCUT2D eigenvalue weighted by atomic mass is 9.88. The number of hydrogen-bond acceptors (Lipinski definition) is 4. The smallest absolute Gasteiger partial charge is 0.203 e. The van der Waals surface area contributed by atoms with Gasteiger partial charge in [0.1, 0.15) is 5.01 Å². The van der Waals surface area contributed by atoms with Crippen LogP contribution in [0.25, 0.3) is 10.6 Å². The molecule has 3 rings (SSSR count). The van der Waals surface area contributed by atoms with Gasteiger partial charge in [-0.1, -0.05) is 30.4 Å². The Morgan fingerprint density at radius 1 is 1.23 bits per heavy atom. The van der Waals surface area contributed by atoms with Gasteiger partial charge in [0.05, 0.1) is 17.7 Å². The van der Waals surface area contributed by atoms with Crippen LogP contribution < -0.4 is 4.80 Å². The number of nitrogens with zero attached hydrogens (tertiary/aromatic N) is 4. The fourth-order valence-electron chi connectivity index (χ4n) is 2.79. The molecule has 0 saturated heterocycles. The Morgan fingerprint density at radius 2 is 1.91 bits per heavy atom. The maximum atomic E-state index is 8.87. The van der Waals surface area contributed by atoms with Gasteiger partial charge in [0.15, 0.2) is 0 Å². The van der Waals surface area contributed by atoms with E-state index in [1.54, 1.807) is 11.3 Å². The van der Waals surface area contributed by atoms with E-state index in [0.29, 0.717) is 11.6 Å². The average molecular weight is 312 g/mol. The Labute approximate surface area is 134 Å². The van der Waals surface area contributed by atoms with Crippen molar-refractivity contribution < 1.29 is 0 Å². The van der Waals surface area contributed by atoms with Gasteiger partial charge in [-0.2, -0.15) is 10.4 Å². The van der Waals surface area contributed by atoms with E-state index in [1.807, 2.05) is 36.0 Å². The third kappa shape index (κ3) is 3.28. The van der Waals surface area contributed by atoms with Crippen molar-refractivity contribution in [2.24, 2.45) is 18.0 Å². The Morgan fingerprint density at radius 3 is 2.55 bits per heavy atom. The van der Waals surface area contributed by atoms with E-state index in [9.17, 15) is 0 Å². The van der Waals surface area contributed by atoms with Gasteiger partial charge < -0.3 is 0 Å². The second-order valence-corrected chi connectivity index (χ2v) is 7.00. The molecule has 1 saturated carbocycles. The fraction of sp³-hybridized carbons (Fsp3) is 0.471. The number of aromatic nitrogens is 2. The molecule has 1 aromatic heterocycles. The second-order valence-electron chi connectivity index (χ2n) is 6.05. The molecule has 0 radical (unpaired) electrons. The number of aryl methyl sites for hydroxylation is 1. The first-order valence-electron chi connectivity index (χ1n) is 7.74. The van der Waals surface area contributed by atoms with Gasteiger partial charge in [0.25, 0.3) is 0 Å². The van der Waals surface area contributed by atoms with Gasteiger partial charge in [0, 0.05) is 12.6 Å². The van der Waals surface area contributed by atoms with Gasteiger partial charge in [-0.05, 0) is 43.7 Å². The summed E-state index contributed by atoms with van der Waals surface area (Å²) < 4.78 is 1.87. The number of rotatable bonds is 2. The van der Waals surface area contributed by atoms with Crippen LogP contribution in [0.4, 0.5) is 0 Å². The number of benzene rings is 1. The first-order chi connectivity index (χ1) is 10.7. The quantitative estimate of drug-likeness (QED) is 0.852. The summed E-state index contributed by atoms with van der Waals surface area (Å²) in [6, 6.07) is 10.1. The van der Waals surface area contributed by atoms with E-state index in [4.69, 9.17) is 10.3 Å². The zero-order valence-corrected chi connectivity index (χ0v) is 13.8. The van der Waals surface area contributed by atoms with Crippen LogP contribution in [0.3, 0.4) is 0 Å². The fourth-order valence-corrected chi connectivity index (χ4v) is 3.76. The summed E-state index contributed by atoms with van der Waals surface area (Å²) in [7, 11) is 1.95. The SMILES string of the molecule is Cn1nc(-c2ccc(C#N)cc2)sc1=N[C@H]1CC[C@H](C)CC1. The highest BCUT2D eigenvalue weighted by atomic mass is 32.1. The van der Waals surface area contributed by atoms with Crippen molar-refractivity contribution in [3.63, 3.8) is 0 Å². The molecule has 0 aliphatic heterocycles. The van der Waals surface area contributed by atoms with E-state index in [0.717, 1.165) is 21.3 Å². The molecule has 0 N–H and O–H groups in total. The predicted octanol–water partition coefficient (Wildman–Crippen LogP) is 3.50. The average Bonchev–Trinajstić information content (AvgIpc) is 2.91. The van der Waals surface area contributed by atoms with Crippen LogP contribution in [0.15, 0.2) is 29.3 Å². The van der Waals surface area contributed by atoms with Crippen LogP contribution in [0.2, 0.25) is 0 Å². The van der Waals surface area contributed by atoms with Crippen molar-refractivity contribution in [1.82, 2.24) is 9.78 Å². The summed E-state index contributed by atoms with van der Waals surface area (Å²) >= 11 is 1.62. The van der Waals surface area contributed by atoms with Gasteiger partial charge in [0.2, 0.25) is 4.80 Å². The highest BCUT2D eigenvalue weighted by molar-refractivity contribution is 7.12. The van der Waals surface area contributed by atoms with Crippen molar-refractivity contribution in [2.75, 3.05) is 0 Å². The summed E-state index contributed by atoms with van der Waals surface area (Å²) in [4.78, 5) is 5.88.